The molecule has 3 aliphatic rings. The Bertz CT molecular complexity index is 607. The Morgan fingerprint density at radius 3 is 2.34 bits per heavy atom. The van der Waals surface area contributed by atoms with Gasteiger partial charge in [-0.15, -0.1) is 0 Å². The second kappa shape index (κ2) is 10.5. The number of fused-ring (bicyclic) bond motifs is 1. The molecular formula is C22H40O10. The molecule has 0 aromatic rings. The third kappa shape index (κ3) is 5.00. The van der Waals surface area contributed by atoms with Crippen LogP contribution in [-0.2, 0) is 14.2 Å². The second-order valence-electron chi connectivity index (χ2n) is 10.3. The van der Waals surface area contributed by atoms with Gasteiger partial charge in [0, 0.05) is 29.8 Å². The van der Waals surface area contributed by atoms with Crippen molar-refractivity contribution in [2.24, 2.45) is 23.2 Å². The molecule has 0 bridgehead atoms. The zero-order valence-electron chi connectivity index (χ0n) is 18.9. The highest BCUT2D eigenvalue weighted by atomic mass is 16.6. The van der Waals surface area contributed by atoms with E-state index in [1.165, 1.54) is 0 Å². The molecule has 11 atom stereocenters. The topological polar surface area (TPSA) is 169 Å². The van der Waals surface area contributed by atoms with Crippen molar-refractivity contribution in [3.8, 4) is 0 Å². The van der Waals surface area contributed by atoms with Crippen molar-refractivity contribution < 1.29 is 50.0 Å². The summed E-state index contributed by atoms with van der Waals surface area (Å²) in [4.78, 5) is 0. The largest absolute Gasteiger partial charge is 0.396 e. The predicted octanol–water partition coefficient (Wildman–Crippen LogP) is -1.98. The summed E-state index contributed by atoms with van der Waals surface area (Å²) in [6.07, 6.45) is -6.53. The first kappa shape index (κ1) is 26.2. The second-order valence-corrected chi connectivity index (χ2v) is 10.3. The molecule has 3 fully saturated rings. The van der Waals surface area contributed by atoms with Crippen LogP contribution in [0.15, 0.2) is 0 Å². The number of ether oxygens (including phenoxy) is 3. The smallest absolute Gasteiger partial charge is 0.106 e. The van der Waals surface area contributed by atoms with Crippen molar-refractivity contribution in [2.75, 3.05) is 39.6 Å². The van der Waals surface area contributed by atoms with Crippen molar-refractivity contribution in [3.63, 3.8) is 0 Å². The summed E-state index contributed by atoms with van der Waals surface area (Å²) in [5, 5.41) is 72.7. The molecule has 2 heterocycles. The van der Waals surface area contributed by atoms with Gasteiger partial charge < -0.3 is 50.0 Å². The van der Waals surface area contributed by atoms with Gasteiger partial charge in [0.1, 0.15) is 12.2 Å². The van der Waals surface area contributed by atoms with Crippen molar-refractivity contribution >= 4 is 0 Å². The molecule has 11 unspecified atom stereocenters. The van der Waals surface area contributed by atoms with Gasteiger partial charge in [0.25, 0.3) is 0 Å². The zero-order chi connectivity index (χ0) is 23.7. The monoisotopic (exact) mass is 464 g/mol. The summed E-state index contributed by atoms with van der Waals surface area (Å²) in [5.74, 6) is -1.50. The van der Waals surface area contributed by atoms with Gasteiger partial charge in [-0.3, -0.25) is 0 Å². The Morgan fingerprint density at radius 1 is 0.938 bits per heavy atom. The van der Waals surface area contributed by atoms with Crippen LogP contribution in [-0.4, -0.2) is 118 Å². The molecule has 3 rings (SSSR count). The fraction of sp³-hybridized carbons (Fsp3) is 1.00. The summed E-state index contributed by atoms with van der Waals surface area (Å²) in [5.41, 5.74) is -1.85. The van der Waals surface area contributed by atoms with Crippen LogP contribution in [0.1, 0.15) is 33.1 Å². The van der Waals surface area contributed by atoms with Crippen molar-refractivity contribution in [2.45, 2.75) is 75.3 Å². The van der Waals surface area contributed by atoms with Crippen LogP contribution >= 0.6 is 0 Å². The van der Waals surface area contributed by atoms with E-state index < -0.39 is 59.5 Å². The lowest BCUT2D eigenvalue weighted by molar-refractivity contribution is -0.142. The van der Waals surface area contributed by atoms with Crippen LogP contribution in [0.3, 0.4) is 0 Å². The molecule has 0 spiro atoms. The molecule has 0 aromatic heterocycles. The van der Waals surface area contributed by atoms with Crippen LogP contribution in [0.5, 0.6) is 0 Å². The van der Waals surface area contributed by atoms with Crippen molar-refractivity contribution in [3.05, 3.63) is 0 Å². The number of rotatable bonds is 5. The van der Waals surface area contributed by atoms with Gasteiger partial charge in [-0.25, -0.2) is 0 Å². The number of hydrogen-bond acceptors (Lipinski definition) is 10. The molecule has 10 heteroatoms. The van der Waals surface area contributed by atoms with E-state index in [2.05, 4.69) is 0 Å². The average Bonchev–Trinajstić information content (AvgIpc) is 3.05. The molecule has 188 valence electrons. The highest BCUT2D eigenvalue weighted by molar-refractivity contribution is 5.09. The van der Waals surface area contributed by atoms with E-state index in [0.717, 1.165) is 0 Å². The van der Waals surface area contributed by atoms with Gasteiger partial charge in [0.05, 0.1) is 63.1 Å². The third-order valence-electron chi connectivity index (χ3n) is 7.77. The van der Waals surface area contributed by atoms with E-state index in [9.17, 15) is 35.7 Å². The van der Waals surface area contributed by atoms with Crippen LogP contribution < -0.4 is 0 Å². The van der Waals surface area contributed by atoms with E-state index in [1.54, 1.807) is 13.8 Å². The van der Waals surface area contributed by atoms with E-state index in [4.69, 9.17) is 14.2 Å². The molecule has 2 aliphatic heterocycles. The van der Waals surface area contributed by atoms with Gasteiger partial charge in [0.2, 0.25) is 0 Å². The molecular weight excluding hydrogens is 424 g/mol. The normalized spacial score (nSPS) is 50.7. The lowest BCUT2D eigenvalue weighted by Crippen LogP contribution is -2.53. The number of aliphatic hydroxyl groups excluding tert-OH is 7. The van der Waals surface area contributed by atoms with Gasteiger partial charge in [-0.2, -0.15) is 0 Å². The minimum atomic E-state index is -1.36. The van der Waals surface area contributed by atoms with E-state index in [0.29, 0.717) is 19.4 Å². The molecule has 32 heavy (non-hydrogen) atoms. The molecule has 0 radical (unpaired) electrons. The maximum Gasteiger partial charge on any atom is 0.106 e. The Balaban J connectivity index is 1.72. The molecule has 0 amide bonds. The summed E-state index contributed by atoms with van der Waals surface area (Å²) >= 11 is 0. The third-order valence-corrected chi connectivity index (χ3v) is 7.77. The quantitative estimate of drug-likeness (QED) is 0.242. The van der Waals surface area contributed by atoms with E-state index >= 15 is 0 Å². The molecule has 0 aromatic carbocycles. The summed E-state index contributed by atoms with van der Waals surface area (Å²) in [7, 11) is 0. The maximum atomic E-state index is 10.8. The predicted molar refractivity (Wildman–Crippen MR) is 112 cm³/mol. The average molecular weight is 465 g/mol. The van der Waals surface area contributed by atoms with Crippen molar-refractivity contribution in [1.29, 1.82) is 0 Å². The van der Waals surface area contributed by atoms with E-state index in [-0.39, 0.29) is 45.4 Å². The summed E-state index contributed by atoms with van der Waals surface area (Å²) in [6, 6.07) is 0. The zero-order valence-corrected chi connectivity index (χ0v) is 18.9. The maximum absolute atomic E-state index is 10.8. The van der Waals surface area contributed by atoms with Gasteiger partial charge in [-0.1, -0.05) is 13.8 Å². The minimum Gasteiger partial charge on any atom is -0.396 e. The van der Waals surface area contributed by atoms with Crippen LogP contribution in [0, 0.1) is 23.2 Å². The minimum absolute atomic E-state index is 0.0168. The first-order valence-electron chi connectivity index (χ1n) is 11.5. The highest BCUT2D eigenvalue weighted by Gasteiger charge is 2.61. The molecule has 10 nitrogen and oxygen atoms in total. The first-order chi connectivity index (χ1) is 15.1. The number of aliphatic hydroxyl groups is 7. The molecule has 7 N–H and O–H groups in total. The molecule has 1 aliphatic carbocycles. The number of hydrogen-bond donors (Lipinski definition) is 7. The van der Waals surface area contributed by atoms with Crippen LogP contribution in [0.4, 0.5) is 0 Å². The highest BCUT2D eigenvalue weighted by Crippen LogP contribution is 2.51. The van der Waals surface area contributed by atoms with Gasteiger partial charge >= 0.3 is 0 Å². The SMILES string of the molecule is CC1COCCC(COCC23CCC(O)C(O)C(O)C2C(C)(CO)CO3)C(O)C(O)C1O. The van der Waals surface area contributed by atoms with E-state index in [1.807, 2.05) is 0 Å². The first-order valence-corrected chi connectivity index (χ1v) is 11.5. The fourth-order valence-corrected chi connectivity index (χ4v) is 5.57. The molecule has 2 saturated heterocycles. The summed E-state index contributed by atoms with van der Waals surface area (Å²) < 4.78 is 17.6. The molecule has 1 saturated carbocycles. The van der Waals surface area contributed by atoms with Gasteiger partial charge in [0.15, 0.2) is 0 Å². The lowest BCUT2D eigenvalue weighted by atomic mass is 9.68. The van der Waals surface area contributed by atoms with Crippen LogP contribution in [0.2, 0.25) is 0 Å². The lowest BCUT2D eigenvalue weighted by Gasteiger charge is -2.41. The Kier molecular flexibility index (Phi) is 8.58. The van der Waals surface area contributed by atoms with Crippen molar-refractivity contribution in [1.82, 2.24) is 0 Å². The van der Waals surface area contributed by atoms with Crippen LogP contribution in [0.25, 0.3) is 0 Å². The summed E-state index contributed by atoms with van der Waals surface area (Å²) in [6.45, 7) is 4.11. The standard InChI is InChI=1S/C22H40O10/c1-12-7-30-6-4-13(16(26)18(28)15(12)25)8-31-11-22-5-3-14(24)17(27)19(29)20(22)21(2,9-23)10-32-22/h12-20,23-29H,3-11H2,1-2H3. The Labute approximate surface area is 188 Å². The van der Waals surface area contributed by atoms with Gasteiger partial charge in [-0.05, 0) is 19.3 Å². The fourth-order valence-electron chi connectivity index (χ4n) is 5.57. The Hall–Kier alpha value is -0.400. The Morgan fingerprint density at radius 2 is 1.66 bits per heavy atom.